The third-order valence-corrected chi connectivity index (χ3v) is 6.97. The normalized spacial score (nSPS) is 24.3. The average molecular weight is 455 g/mol. The monoisotopic (exact) mass is 454 g/mol. The lowest BCUT2D eigenvalue weighted by Crippen LogP contribution is -2.50. The molecule has 1 N–H and O–H groups in total. The molecule has 8 nitrogen and oxygen atoms in total. The van der Waals surface area contributed by atoms with Gasteiger partial charge in [-0.3, -0.25) is 19.3 Å². The molecule has 2 saturated heterocycles. The minimum Gasteiger partial charge on any atom is -0.342 e. The summed E-state index contributed by atoms with van der Waals surface area (Å²) in [7, 11) is 0. The van der Waals surface area contributed by atoms with Gasteiger partial charge >= 0.3 is 6.03 Å². The van der Waals surface area contributed by atoms with Crippen molar-refractivity contribution in [2.45, 2.75) is 37.9 Å². The van der Waals surface area contributed by atoms with Gasteiger partial charge in [-0.05, 0) is 30.0 Å². The summed E-state index contributed by atoms with van der Waals surface area (Å²) in [6, 6.07) is 10.9. The van der Waals surface area contributed by atoms with Gasteiger partial charge in [-0.2, -0.15) is 0 Å². The van der Waals surface area contributed by atoms with E-state index in [1.54, 1.807) is 41.3 Å². The number of amides is 4. The molecule has 4 heterocycles. The first-order chi connectivity index (χ1) is 15.4. The molecule has 0 spiro atoms. The second-order valence-electron chi connectivity index (χ2n) is 8.72. The van der Waals surface area contributed by atoms with Crippen LogP contribution in [0.15, 0.2) is 47.3 Å². The maximum absolute atomic E-state index is 13.0. The lowest BCUT2D eigenvalue weighted by atomic mass is 9.83. The lowest BCUT2D eigenvalue weighted by Gasteiger charge is -2.43. The summed E-state index contributed by atoms with van der Waals surface area (Å²) in [4.78, 5) is 53.3. The molecular formula is C23H23ClN4O4. The number of piperidine rings is 1. The molecule has 9 heteroatoms. The van der Waals surface area contributed by atoms with E-state index in [4.69, 9.17) is 11.6 Å². The maximum Gasteiger partial charge on any atom is 0.325 e. The van der Waals surface area contributed by atoms with Crippen LogP contribution in [0.4, 0.5) is 4.79 Å². The molecule has 0 radical (unpaired) electrons. The Morgan fingerprint density at radius 2 is 1.84 bits per heavy atom. The topological polar surface area (TPSA) is 91.7 Å². The Hall–Kier alpha value is -3.13. The van der Waals surface area contributed by atoms with Crippen molar-refractivity contribution in [2.24, 2.45) is 5.92 Å². The number of urea groups is 1. The number of rotatable bonds is 4. The van der Waals surface area contributed by atoms with Crippen molar-refractivity contribution in [3.05, 3.63) is 69.1 Å². The van der Waals surface area contributed by atoms with Gasteiger partial charge in [0.1, 0.15) is 6.04 Å². The van der Waals surface area contributed by atoms with Crippen molar-refractivity contribution in [1.82, 2.24) is 19.7 Å². The molecule has 3 aliphatic rings. The fourth-order valence-corrected chi connectivity index (χ4v) is 5.26. The van der Waals surface area contributed by atoms with E-state index >= 15 is 0 Å². The molecule has 2 fully saturated rings. The molecule has 4 amide bonds. The lowest BCUT2D eigenvalue weighted by molar-refractivity contribution is -0.137. The molecule has 1 aromatic carbocycles. The highest BCUT2D eigenvalue weighted by atomic mass is 35.5. The zero-order chi connectivity index (χ0) is 22.4. The van der Waals surface area contributed by atoms with Crippen molar-refractivity contribution in [3.63, 3.8) is 0 Å². The Bertz CT molecular complexity index is 1160. The smallest absolute Gasteiger partial charge is 0.325 e. The molecule has 2 bridgehead atoms. The fraction of sp³-hybridized carbons (Fsp3) is 0.391. The summed E-state index contributed by atoms with van der Waals surface area (Å²) in [5.41, 5.74) is 1.62. The summed E-state index contributed by atoms with van der Waals surface area (Å²) >= 11 is 6.16. The van der Waals surface area contributed by atoms with Gasteiger partial charge in [0.2, 0.25) is 5.91 Å². The first kappa shape index (κ1) is 20.8. The summed E-state index contributed by atoms with van der Waals surface area (Å²) in [6.45, 7) is 1.72. The largest absolute Gasteiger partial charge is 0.342 e. The van der Waals surface area contributed by atoms with E-state index in [2.05, 4.69) is 5.32 Å². The van der Waals surface area contributed by atoms with Crippen LogP contribution in [0.1, 0.15) is 30.0 Å². The van der Waals surface area contributed by atoms with Crippen LogP contribution in [0.3, 0.4) is 0 Å². The van der Waals surface area contributed by atoms with Gasteiger partial charge in [0.15, 0.2) is 0 Å². The molecule has 1 aromatic heterocycles. The molecule has 166 valence electrons. The van der Waals surface area contributed by atoms with Crippen molar-refractivity contribution in [1.29, 1.82) is 0 Å². The van der Waals surface area contributed by atoms with Gasteiger partial charge in [0.25, 0.3) is 11.5 Å². The first-order valence-electron chi connectivity index (χ1n) is 10.7. The molecule has 0 saturated carbocycles. The second-order valence-corrected chi connectivity index (χ2v) is 9.13. The Labute approximate surface area is 189 Å². The number of pyridine rings is 1. The predicted molar refractivity (Wildman–Crippen MR) is 117 cm³/mol. The van der Waals surface area contributed by atoms with E-state index in [0.29, 0.717) is 30.2 Å². The second kappa shape index (κ2) is 8.09. The quantitative estimate of drug-likeness (QED) is 0.715. The van der Waals surface area contributed by atoms with Gasteiger partial charge in [-0.25, -0.2) is 4.79 Å². The van der Waals surface area contributed by atoms with Crippen LogP contribution in [0, 0.1) is 5.92 Å². The van der Waals surface area contributed by atoms with E-state index < -0.39 is 18.0 Å². The molecule has 2 aromatic rings. The van der Waals surface area contributed by atoms with Crippen molar-refractivity contribution in [3.8, 4) is 0 Å². The Balaban J connectivity index is 1.26. The molecule has 3 atom stereocenters. The summed E-state index contributed by atoms with van der Waals surface area (Å²) in [5.74, 6) is -0.274. The molecule has 3 aliphatic heterocycles. The number of nitrogens with one attached hydrogen (secondary N) is 1. The van der Waals surface area contributed by atoms with E-state index in [9.17, 15) is 19.2 Å². The highest BCUT2D eigenvalue weighted by molar-refractivity contribution is 6.31. The highest BCUT2D eigenvalue weighted by Gasteiger charge is 2.42. The van der Waals surface area contributed by atoms with Gasteiger partial charge in [0, 0.05) is 42.3 Å². The molecule has 0 aliphatic carbocycles. The number of carbonyl (C=O) groups is 3. The van der Waals surface area contributed by atoms with E-state index in [1.807, 2.05) is 10.6 Å². The highest BCUT2D eigenvalue weighted by Crippen LogP contribution is 2.35. The number of likely N-dealkylation sites (tertiary alicyclic amines) is 1. The molecule has 1 unspecified atom stereocenters. The summed E-state index contributed by atoms with van der Waals surface area (Å²) in [6.07, 6.45) is 0.864. The first-order valence-corrected chi connectivity index (χ1v) is 11.1. The van der Waals surface area contributed by atoms with Gasteiger partial charge in [-0.1, -0.05) is 35.9 Å². The number of carbonyl (C=O) groups excluding carboxylic acids is 3. The van der Waals surface area contributed by atoms with E-state index in [0.717, 1.165) is 17.0 Å². The van der Waals surface area contributed by atoms with Crippen LogP contribution in [-0.2, 0) is 22.7 Å². The van der Waals surface area contributed by atoms with Crippen LogP contribution in [-0.4, -0.2) is 51.3 Å². The minimum atomic E-state index is -0.880. The number of hydrogen-bond donors (Lipinski definition) is 1. The van der Waals surface area contributed by atoms with Crippen molar-refractivity contribution in [2.75, 3.05) is 13.1 Å². The summed E-state index contributed by atoms with van der Waals surface area (Å²) in [5, 5.41) is 3.12. The maximum atomic E-state index is 13.0. The van der Waals surface area contributed by atoms with Crippen LogP contribution < -0.4 is 10.9 Å². The summed E-state index contributed by atoms with van der Waals surface area (Å²) < 4.78 is 1.81. The third-order valence-electron chi connectivity index (χ3n) is 6.60. The van der Waals surface area contributed by atoms with Crippen molar-refractivity contribution >= 4 is 29.4 Å². The number of imide groups is 1. The zero-order valence-corrected chi connectivity index (χ0v) is 18.1. The molecule has 5 rings (SSSR count). The number of aromatic nitrogens is 1. The van der Waals surface area contributed by atoms with Crippen molar-refractivity contribution < 1.29 is 14.4 Å². The number of fused-ring (bicyclic) bond motifs is 4. The van der Waals surface area contributed by atoms with Gasteiger partial charge in [-0.15, -0.1) is 0 Å². The van der Waals surface area contributed by atoms with Crippen LogP contribution in [0.25, 0.3) is 0 Å². The van der Waals surface area contributed by atoms with E-state index in [-0.39, 0.29) is 36.3 Å². The number of halogens is 1. The number of nitrogens with zero attached hydrogens (tertiary/aromatic N) is 3. The van der Waals surface area contributed by atoms with E-state index in [1.165, 1.54) is 0 Å². The standard InChI is InChI=1S/C23H23ClN4O4/c24-17-5-2-1-4-15(17)13-28-22(31)18(25-23(28)32)9-21(30)26-10-14-8-16(12-26)19-6-3-7-20(29)27(19)11-14/h1-7,14,16,18H,8-13H2,(H,25,32)/t14-,16+,18?/m1/s1. The molecular weight excluding hydrogens is 432 g/mol. The minimum absolute atomic E-state index is 0.00477. The Morgan fingerprint density at radius 3 is 2.66 bits per heavy atom. The van der Waals surface area contributed by atoms with Crippen LogP contribution in [0.2, 0.25) is 5.02 Å². The number of benzene rings is 1. The van der Waals surface area contributed by atoms with Crippen LogP contribution >= 0.6 is 11.6 Å². The van der Waals surface area contributed by atoms with Gasteiger partial charge < -0.3 is 14.8 Å². The Kier molecular flexibility index (Phi) is 5.25. The van der Waals surface area contributed by atoms with Gasteiger partial charge in [0.05, 0.1) is 13.0 Å². The number of hydrogen-bond acceptors (Lipinski definition) is 4. The van der Waals surface area contributed by atoms with Crippen LogP contribution in [0.5, 0.6) is 0 Å². The average Bonchev–Trinajstić information content (AvgIpc) is 3.03. The Morgan fingerprint density at radius 1 is 1.03 bits per heavy atom. The predicted octanol–water partition coefficient (Wildman–Crippen LogP) is 1.96. The third kappa shape index (κ3) is 3.68. The zero-order valence-electron chi connectivity index (χ0n) is 17.4. The SMILES string of the molecule is O=C(CC1NC(=O)N(Cc2ccccc2Cl)C1=O)N1C[C@H]2C[C@@H](C1)c1cccc(=O)n1C2. The fourth-order valence-electron chi connectivity index (χ4n) is 5.07. The molecule has 32 heavy (non-hydrogen) atoms.